The first-order chi connectivity index (χ1) is 11.7. The molecule has 1 heterocycles. The lowest BCUT2D eigenvalue weighted by molar-refractivity contribution is -0.130. The second-order valence-electron chi connectivity index (χ2n) is 6.40. The summed E-state index contributed by atoms with van der Waals surface area (Å²) in [6.07, 6.45) is 2.45. The van der Waals surface area contributed by atoms with Crippen molar-refractivity contribution >= 4 is 27.5 Å². The van der Waals surface area contributed by atoms with Gasteiger partial charge >= 0.3 is 0 Å². The van der Waals surface area contributed by atoms with E-state index in [1.807, 2.05) is 19.1 Å². The van der Waals surface area contributed by atoms with Gasteiger partial charge in [0, 0.05) is 26.1 Å². The Morgan fingerprint density at radius 2 is 1.84 bits per heavy atom. The molecule has 0 spiro atoms. The molecule has 0 saturated carbocycles. The lowest BCUT2D eigenvalue weighted by Gasteiger charge is -2.32. The van der Waals surface area contributed by atoms with Gasteiger partial charge in [-0.15, -0.1) is 0 Å². The van der Waals surface area contributed by atoms with Gasteiger partial charge in [-0.3, -0.25) is 13.9 Å². The summed E-state index contributed by atoms with van der Waals surface area (Å²) in [6.45, 7) is 4.30. The van der Waals surface area contributed by atoms with Crippen LogP contribution in [0.15, 0.2) is 24.3 Å². The fourth-order valence-electron chi connectivity index (χ4n) is 2.97. The van der Waals surface area contributed by atoms with Gasteiger partial charge < -0.3 is 10.2 Å². The number of hydrogen-bond acceptors (Lipinski definition) is 4. The maximum Gasteiger partial charge on any atom is 0.240 e. The van der Waals surface area contributed by atoms with Gasteiger partial charge in [0.2, 0.25) is 21.8 Å². The van der Waals surface area contributed by atoms with Gasteiger partial charge in [-0.1, -0.05) is 18.2 Å². The molecular formula is C17H25N3O4S. The zero-order valence-electron chi connectivity index (χ0n) is 14.9. The number of piperidine rings is 1. The number of anilines is 1. The lowest BCUT2D eigenvalue weighted by Crippen LogP contribution is -2.49. The monoisotopic (exact) mass is 367 g/mol. The van der Waals surface area contributed by atoms with Crippen LogP contribution in [0, 0.1) is 6.92 Å². The summed E-state index contributed by atoms with van der Waals surface area (Å²) in [5.74, 6) is -0.303. The second-order valence-corrected chi connectivity index (χ2v) is 8.31. The Balaban J connectivity index is 2.02. The highest BCUT2D eigenvalue weighted by Gasteiger charge is 2.25. The van der Waals surface area contributed by atoms with E-state index in [0.717, 1.165) is 16.1 Å². The molecule has 1 aliphatic rings. The van der Waals surface area contributed by atoms with Crippen LogP contribution >= 0.6 is 0 Å². The number of carbonyl (C=O) groups excluding carboxylic acids is 2. The van der Waals surface area contributed by atoms with E-state index in [0.29, 0.717) is 31.6 Å². The van der Waals surface area contributed by atoms with Crippen LogP contribution in [0.3, 0.4) is 0 Å². The first-order valence-electron chi connectivity index (χ1n) is 8.26. The summed E-state index contributed by atoms with van der Waals surface area (Å²) in [5.41, 5.74) is 1.29. The van der Waals surface area contributed by atoms with Crippen LogP contribution in [-0.2, 0) is 19.6 Å². The van der Waals surface area contributed by atoms with E-state index in [2.05, 4.69) is 5.32 Å². The summed E-state index contributed by atoms with van der Waals surface area (Å²) in [6, 6.07) is 7.03. The highest BCUT2D eigenvalue weighted by atomic mass is 32.2. The molecule has 0 bridgehead atoms. The van der Waals surface area contributed by atoms with Gasteiger partial charge in [0.1, 0.15) is 6.54 Å². The first-order valence-corrected chi connectivity index (χ1v) is 10.1. The van der Waals surface area contributed by atoms with Crippen LogP contribution in [0.5, 0.6) is 0 Å². The fraction of sp³-hybridized carbons (Fsp3) is 0.529. The van der Waals surface area contributed by atoms with Crippen molar-refractivity contribution in [3.8, 4) is 0 Å². The Bertz CT molecular complexity index is 740. The normalized spacial score (nSPS) is 15.7. The number of para-hydroxylation sites is 1. The summed E-state index contributed by atoms with van der Waals surface area (Å²) in [5, 5.41) is 2.89. The van der Waals surface area contributed by atoms with Crippen molar-refractivity contribution in [2.24, 2.45) is 0 Å². The molecule has 25 heavy (non-hydrogen) atoms. The molecule has 0 radical (unpaired) electrons. The average molecular weight is 367 g/mol. The van der Waals surface area contributed by atoms with E-state index < -0.39 is 10.0 Å². The minimum absolute atomic E-state index is 0.0348. The molecule has 0 aromatic heterocycles. The lowest BCUT2D eigenvalue weighted by atomic mass is 10.1. The molecule has 1 fully saturated rings. The zero-order chi connectivity index (χ0) is 18.6. The van der Waals surface area contributed by atoms with Crippen molar-refractivity contribution in [1.29, 1.82) is 0 Å². The fourth-order valence-corrected chi connectivity index (χ4v) is 3.88. The van der Waals surface area contributed by atoms with E-state index in [4.69, 9.17) is 0 Å². The van der Waals surface area contributed by atoms with Crippen LogP contribution in [-0.4, -0.2) is 57.1 Å². The molecule has 1 saturated heterocycles. The quantitative estimate of drug-likeness (QED) is 0.837. The zero-order valence-corrected chi connectivity index (χ0v) is 15.7. The molecule has 2 rings (SSSR count). The van der Waals surface area contributed by atoms with E-state index in [1.165, 1.54) is 6.92 Å². The second kappa shape index (κ2) is 7.86. The van der Waals surface area contributed by atoms with Gasteiger partial charge in [-0.2, -0.15) is 0 Å². The van der Waals surface area contributed by atoms with Crippen LogP contribution in [0.2, 0.25) is 0 Å². The van der Waals surface area contributed by atoms with Gasteiger partial charge in [0.25, 0.3) is 0 Å². The van der Waals surface area contributed by atoms with Crippen molar-refractivity contribution in [3.05, 3.63) is 29.8 Å². The summed E-state index contributed by atoms with van der Waals surface area (Å²) in [7, 11) is -3.58. The van der Waals surface area contributed by atoms with Gasteiger partial charge in [0.15, 0.2) is 0 Å². The highest BCUT2D eigenvalue weighted by Crippen LogP contribution is 2.21. The first kappa shape index (κ1) is 19.2. The number of likely N-dealkylation sites (tertiary alicyclic amines) is 1. The third kappa shape index (κ3) is 5.19. The van der Waals surface area contributed by atoms with Gasteiger partial charge in [-0.25, -0.2) is 8.42 Å². The maximum absolute atomic E-state index is 12.4. The van der Waals surface area contributed by atoms with Crippen LogP contribution < -0.4 is 9.62 Å². The Labute approximate surface area is 149 Å². The van der Waals surface area contributed by atoms with Crippen molar-refractivity contribution in [3.63, 3.8) is 0 Å². The van der Waals surface area contributed by atoms with E-state index in [1.54, 1.807) is 17.0 Å². The third-order valence-corrected chi connectivity index (χ3v) is 5.50. The molecule has 138 valence electrons. The Morgan fingerprint density at radius 1 is 1.24 bits per heavy atom. The summed E-state index contributed by atoms with van der Waals surface area (Å²) >= 11 is 0. The number of benzene rings is 1. The van der Waals surface area contributed by atoms with E-state index >= 15 is 0 Å². The molecule has 0 aliphatic carbocycles. The maximum atomic E-state index is 12.4. The van der Waals surface area contributed by atoms with E-state index in [-0.39, 0.29) is 24.4 Å². The predicted octanol–water partition coefficient (Wildman–Crippen LogP) is 0.888. The molecule has 0 atom stereocenters. The number of hydrogen-bond donors (Lipinski definition) is 1. The number of amides is 2. The molecule has 1 N–H and O–H groups in total. The highest BCUT2D eigenvalue weighted by molar-refractivity contribution is 7.92. The Hall–Kier alpha value is -2.09. The number of aryl methyl sites for hydroxylation is 1. The Morgan fingerprint density at radius 3 is 2.36 bits per heavy atom. The molecule has 1 aliphatic heterocycles. The smallest absolute Gasteiger partial charge is 0.240 e. The standard InChI is InChI=1S/C17H25N3O4S/c1-13-6-4-5-7-16(13)20(25(3,23)24)12-17(22)18-15-8-10-19(11-9-15)14(2)21/h4-7,15H,8-12H2,1-3H3,(H,18,22). The Kier molecular flexibility index (Phi) is 6.05. The molecule has 7 nitrogen and oxygen atoms in total. The number of nitrogens with one attached hydrogen (secondary N) is 1. The number of nitrogens with zero attached hydrogens (tertiary/aromatic N) is 2. The number of sulfonamides is 1. The minimum atomic E-state index is -3.58. The molecule has 1 aromatic rings. The van der Waals surface area contributed by atoms with Crippen molar-refractivity contribution < 1.29 is 18.0 Å². The SMILES string of the molecule is CC(=O)N1CCC(NC(=O)CN(c2ccccc2C)S(C)(=O)=O)CC1. The average Bonchev–Trinajstić information content (AvgIpc) is 2.53. The largest absolute Gasteiger partial charge is 0.352 e. The van der Waals surface area contributed by atoms with Crippen molar-refractivity contribution in [2.45, 2.75) is 32.7 Å². The van der Waals surface area contributed by atoms with Crippen LogP contribution in [0.1, 0.15) is 25.3 Å². The van der Waals surface area contributed by atoms with Gasteiger partial charge in [0.05, 0.1) is 11.9 Å². The van der Waals surface area contributed by atoms with E-state index in [9.17, 15) is 18.0 Å². The van der Waals surface area contributed by atoms with Crippen molar-refractivity contribution in [1.82, 2.24) is 10.2 Å². The summed E-state index contributed by atoms with van der Waals surface area (Å²) in [4.78, 5) is 25.5. The van der Waals surface area contributed by atoms with Crippen molar-refractivity contribution in [2.75, 3.05) is 30.2 Å². The molecule has 1 aromatic carbocycles. The number of carbonyl (C=O) groups is 2. The minimum Gasteiger partial charge on any atom is -0.352 e. The molecule has 0 unspecified atom stereocenters. The topological polar surface area (TPSA) is 86.8 Å². The van der Waals surface area contributed by atoms with Gasteiger partial charge in [-0.05, 0) is 31.4 Å². The van der Waals surface area contributed by atoms with Crippen LogP contribution in [0.4, 0.5) is 5.69 Å². The number of rotatable bonds is 5. The molecular weight excluding hydrogens is 342 g/mol. The predicted molar refractivity (Wildman–Crippen MR) is 96.8 cm³/mol. The summed E-state index contributed by atoms with van der Waals surface area (Å²) < 4.78 is 25.4. The van der Waals surface area contributed by atoms with Crippen LogP contribution in [0.25, 0.3) is 0 Å². The third-order valence-electron chi connectivity index (χ3n) is 4.38. The molecule has 8 heteroatoms. The molecule has 2 amide bonds.